The van der Waals surface area contributed by atoms with Crippen LogP contribution in [0.2, 0.25) is 5.02 Å². The van der Waals surface area contributed by atoms with Crippen LogP contribution in [-0.4, -0.2) is 34.3 Å². The van der Waals surface area contributed by atoms with E-state index in [1.807, 2.05) is 0 Å². The van der Waals surface area contributed by atoms with Crippen LogP contribution >= 0.6 is 23.2 Å². The number of benzene rings is 2. The topological polar surface area (TPSA) is 103 Å². The zero-order valence-corrected chi connectivity index (χ0v) is 20.0. The molecule has 2 aromatic rings. The number of nitrogens with zero attached hydrogens (tertiary/aromatic N) is 1. The predicted molar refractivity (Wildman–Crippen MR) is 120 cm³/mol. The van der Waals surface area contributed by atoms with Crippen LogP contribution < -0.4 is 10.2 Å². The third kappa shape index (κ3) is 5.30. The van der Waals surface area contributed by atoms with E-state index in [0.717, 1.165) is 12.7 Å². The average Bonchev–Trinajstić information content (AvgIpc) is 2.79. The number of aliphatic imine (C=N–C) groups is 1. The summed E-state index contributed by atoms with van der Waals surface area (Å²) >= 11 is 12.2. The van der Waals surface area contributed by atoms with Crippen molar-refractivity contribution in [3.63, 3.8) is 0 Å². The molecule has 1 aliphatic heterocycles. The predicted octanol–water partition coefficient (Wildman–Crippen LogP) is 4.22. The van der Waals surface area contributed by atoms with Gasteiger partial charge < -0.3 is 9.47 Å². The molecule has 0 aliphatic carbocycles. The first-order valence-corrected chi connectivity index (χ1v) is 11.6. The summed E-state index contributed by atoms with van der Waals surface area (Å²) in [7, 11) is -1.84. The molecule has 1 unspecified atom stereocenters. The highest BCUT2D eigenvalue weighted by atomic mass is 35.5. The van der Waals surface area contributed by atoms with Gasteiger partial charge in [-0.2, -0.15) is 8.42 Å². The highest BCUT2D eigenvalue weighted by molar-refractivity contribution is 7.86. The Balaban J connectivity index is 1.95. The number of methoxy groups -OCH3 is 2. The lowest BCUT2D eigenvalue weighted by Crippen LogP contribution is -2.29. The number of halogens is 3. The lowest BCUT2D eigenvalue weighted by molar-refractivity contribution is -0.132. The van der Waals surface area contributed by atoms with Crippen LogP contribution in [0.15, 0.2) is 57.0 Å². The molecule has 176 valence electrons. The van der Waals surface area contributed by atoms with Gasteiger partial charge in [-0.05, 0) is 25.1 Å². The minimum atomic E-state index is -4.22. The first-order valence-electron chi connectivity index (χ1n) is 9.42. The van der Waals surface area contributed by atoms with E-state index in [4.69, 9.17) is 37.0 Å². The summed E-state index contributed by atoms with van der Waals surface area (Å²) in [4.78, 5) is 16.3. The van der Waals surface area contributed by atoms with Crippen LogP contribution in [0.3, 0.4) is 0 Å². The van der Waals surface area contributed by atoms with Crippen LogP contribution in [-0.2, 0) is 23.9 Å². The second-order valence-electron chi connectivity index (χ2n) is 6.92. The number of hydrogen-bond acceptors (Lipinski definition) is 8. The molecule has 0 aromatic heterocycles. The fourth-order valence-electron chi connectivity index (χ4n) is 3.04. The molecule has 0 radical (unpaired) electrons. The van der Waals surface area contributed by atoms with E-state index in [1.54, 1.807) is 19.1 Å². The highest BCUT2D eigenvalue weighted by Gasteiger charge is 2.32. The Morgan fingerprint density at radius 2 is 1.82 bits per heavy atom. The third-order valence-electron chi connectivity index (χ3n) is 4.76. The number of rotatable bonds is 7. The molecule has 1 aliphatic rings. The molecule has 1 heterocycles. The summed E-state index contributed by atoms with van der Waals surface area (Å²) in [5.74, 6) is -1.88. The smallest absolute Gasteiger partial charge is 0.357 e. The number of hydrogen-bond donors (Lipinski definition) is 1. The van der Waals surface area contributed by atoms with Gasteiger partial charge in [0, 0.05) is 12.0 Å². The normalized spacial score (nSPS) is 16.3. The number of dihydropyridines is 1. The molecular weight excluding hydrogens is 498 g/mol. The lowest BCUT2D eigenvalue weighted by atomic mass is 9.98. The van der Waals surface area contributed by atoms with Crippen molar-refractivity contribution < 1.29 is 31.4 Å². The van der Waals surface area contributed by atoms with Crippen molar-refractivity contribution in [3.8, 4) is 5.75 Å². The first-order chi connectivity index (χ1) is 15.6. The maximum absolute atomic E-state index is 15.0. The Bertz CT molecular complexity index is 1250. The number of aryl methyl sites for hydroxylation is 1. The number of carbonyl (C=O) groups is 1. The van der Waals surface area contributed by atoms with Crippen LogP contribution in [0.4, 0.5) is 4.39 Å². The number of nitrogens with one attached hydrogen (secondary N) is 1. The van der Waals surface area contributed by atoms with E-state index < -0.39 is 27.9 Å². The minimum absolute atomic E-state index is 0.0129. The second kappa shape index (κ2) is 10.1. The number of hydroxylamine groups is 1. The lowest BCUT2D eigenvalue weighted by Gasteiger charge is -2.24. The van der Waals surface area contributed by atoms with Crippen molar-refractivity contribution in [2.75, 3.05) is 14.2 Å². The van der Waals surface area contributed by atoms with Gasteiger partial charge in [-0.3, -0.25) is 10.5 Å². The van der Waals surface area contributed by atoms with Gasteiger partial charge in [0.05, 0.1) is 40.9 Å². The molecule has 0 amide bonds. The van der Waals surface area contributed by atoms with Gasteiger partial charge in [0.15, 0.2) is 17.3 Å². The van der Waals surface area contributed by atoms with Gasteiger partial charge in [-0.1, -0.05) is 47.0 Å². The third-order valence-corrected chi connectivity index (χ3v) is 6.62. The fourth-order valence-corrected chi connectivity index (χ4v) is 4.28. The van der Waals surface area contributed by atoms with Crippen molar-refractivity contribution >= 4 is 45.0 Å². The number of carbonyl (C=O) groups excluding carboxylic acids is 1. The Morgan fingerprint density at radius 1 is 1.15 bits per heavy atom. The van der Waals surface area contributed by atoms with Gasteiger partial charge >= 0.3 is 16.1 Å². The van der Waals surface area contributed by atoms with E-state index in [-0.39, 0.29) is 44.1 Å². The van der Waals surface area contributed by atoms with Crippen molar-refractivity contribution in [1.29, 1.82) is 0 Å². The number of esters is 1. The Labute approximate surface area is 200 Å². The van der Waals surface area contributed by atoms with Crippen LogP contribution in [0.5, 0.6) is 5.75 Å². The molecular formula is C21H19Cl2FN2O6S. The molecule has 0 saturated heterocycles. The molecule has 1 atom stereocenters. The van der Waals surface area contributed by atoms with Gasteiger partial charge in [0.25, 0.3) is 0 Å². The Morgan fingerprint density at radius 3 is 2.42 bits per heavy atom. The monoisotopic (exact) mass is 516 g/mol. The largest absolute Gasteiger partial charge is 0.492 e. The molecule has 3 rings (SSSR count). The molecule has 0 spiro atoms. The Kier molecular flexibility index (Phi) is 7.63. The van der Waals surface area contributed by atoms with Crippen LogP contribution in [0, 0.1) is 12.7 Å². The zero-order valence-electron chi connectivity index (χ0n) is 17.7. The van der Waals surface area contributed by atoms with Gasteiger partial charge in [0.2, 0.25) is 0 Å². The van der Waals surface area contributed by atoms with Crippen LogP contribution in [0.1, 0.15) is 23.6 Å². The minimum Gasteiger partial charge on any atom is -0.492 e. The molecule has 12 heteroatoms. The molecule has 33 heavy (non-hydrogen) atoms. The quantitative estimate of drug-likeness (QED) is 0.434. The summed E-state index contributed by atoms with van der Waals surface area (Å²) in [5, 5.41) is -0.176. The Hall–Kier alpha value is -2.66. The standard InChI is InChI=1S/C21H19Cl2FN2O6S/c1-11-4-6-12(7-5-11)33(28,29)32-26-16-10-15(25-19(17(16)23)21(27)31-3)13-8-9-14(22)20(30-2)18(13)24/h4-9,15,26H,10H2,1-3H3. The van der Waals surface area contributed by atoms with Crippen molar-refractivity contribution in [3.05, 3.63) is 69.1 Å². The maximum atomic E-state index is 15.0. The summed E-state index contributed by atoms with van der Waals surface area (Å²) in [6.45, 7) is 1.81. The molecule has 2 aromatic carbocycles. The SMILES string of the molecule is COC(=O)C1=NC(c2ccc(Cl)c(OC)c2F)CC(NOS(=O)(=O)c2ccc(C)cc2)=C1Cl. The maximum Gasteiger partial charge on any atom is 0.357 e. The van der Waals surface area contributed by atoms with Gasteiger partial charge in [0.1, 0.15) is 0 Å². The number of ether oxygens (including phenoxy) is 2. The highest BCUT2D eigenvalue weighted by Crippen LogP contribution is 2.38. The summed E-state index contributed by atoms with van der Waals surface area (Å²) in [6.07, 6.45) is -0.121. The average molecular weight is 517 g/mol. The van der Waals surface area contributed by atoms with E-state index >= 15 is 0 Å². The summed E-state index contributed by atoms with van der Waals surface area (Å²) in [6, 6.07) is 7.78. The van der Waals surface area contributed by atoms with E-state index in [2.05, 4.69) is 10.5 Å². The summed E-state index contributed by atoms with van der Waals surface area (Å²) in [5.41, 5.74) is 2.85. The molecule has 8 nitrogen and oxygen atoms in total. The molecule has 1 N–H and O–H groups in total. The van der Waals surface area contributed by atoms with E-state index in [1.165, 1.54) is 31.4 Å². The van der Waals surface area contributed by atoms with Crippen molar-refractivity contribution in [2.24, 2.45) is 4.99 Å². The summed E-state index contributed by atoms with van der Waals surface area (Å²) < 4.78 is 54.7. The second-order valence-corrected chi connectivity index (χ2v) is 9.25. The first kappa shape index (κ1) is 25.0. The zero-order chi connectivity index (χ0) is 24.3. The van der Waals surface area contributed by atoms with Crippen LogP contribution in [0.25, 0.3) is 0 Å². The fraction of sp³-hybridized carbons (Fsp3) is 0.238. The molecule has 0 fully saturated rings. The molecule has 0 bridgehead atoms. The van der Waals surface area contributed by atoms with E-state index in [9.17, 15) is 17.6 Å². The van der Waals surface area contributed by atoms with Gasteiger partial charge in [-0.15, -0.1) is 4.28 Å². The van der Waals surface area contributed by atoms with Crippen molar-refractivity contribution in [1.82, 2.24) is 5.48 Å². The van der Waals surface area contributed by atoms with Crippen molar-refractivity contribution in [2.45, 2.75) is 24.3 Å². The van der Waals surface area contributed by atoms with E-state index in [0.29, 0.717) is 0 Å². The van der Waals surface area contributed by atoms with Gasteiger partial charge in [-0.25, -0.2) is 9.18 Å². The molecule has 0 saturated carbocycles.